The second kappa shape index (κ2) is 2.17. The van der Waals surface area contributed by atoms with Crippen LogP contribution in [0.4, 0.5) is 0 Å². The normalized spacial score (nSPS) is 28.9. The summed E-state index contributed by atoms with van der Waals surface area (Å²) < 4.78 is 0. The predicted octanol–water partition coefficient (Wildman–Crippen LogP) is 2.71. The van der Waals surface area contributed by atoms with E-state index in [9.17, 15) is 0 Å². The van der Waals surface area contributed by atoms with E-state index < -0.39 is 0 Å². The maximum Gasteiger partial charge on any atom is 0.000365 e. The van der Waals surface area contributed by atoms with E-state index in [1.165, 1.54) is 32.1 Å². The van der Waals surface area contributed by atoms with Gasteiger partial charge in [-0.3, -0.25) is 0 Å². The monoisotopic (exact) mass is 121 g/mol. The molecule has 0 spiro atoms. The third kappa shape index (κ3) is 1.17. The molecule has 0 atom stereocenters. The van der Waals surface area contributed by atoms with E-state index in [1.54, 1.807) is 5.92 Å². The summed E-state index contributed by atoms with van der Waals surface area (Å²) in [5.74, 6) is 2.75. The van der Waals surface area contributed by atoms with Gasteiger partial charge in [-0.15, -0.1) is 0 Å². The van der Waals surface area contributed by atoms with Gasteiger partial charge in [0.05, 0.1) is 0 Å². The zero-order chi connectivity index (χ0) is 6.10. The second-order valence-corrected chi connectivity index (χ2v) is 3.14. The maximum absolute atomic E-state index is 2.36. The highest BCUT2D eigenvalue weighted by molar-refractivity contribution is 5.19. The van der Waals surface area contributed by atoms with Crippen molar-refractivity contribution >= 4 is 0 Å². The number of hydrogen-bond donors (Lipinski definition) is 0. The maximum atomic E-state index is 2.36. The molecule has 1 saturated carbocycles. The van der Waals surface area contributed by atoms with Gasteiger partial charge in [0.15, 0.2) is 0 Å². The van der Waals surface area contributed by atoms with Gasteiger partial charge in [-0.25, -0.2) is 0 Å². The van der Waals surface area contributed by atoms with E-state index in [0.717, 1.165) is 5.92 Å². The first-order chi connectivity index (χ1) is 4.47. The first-order valence-corrected chi connectivity index (χ1v) is 3.99. The van der Waals surface area contributed by atoms with Gasteiger partial charge >= 0.3 is 0 Å². The van der Waals surface area contributed by atoms with Crippen molar-refractivity contribution in [3.63, 3.8) is 0 Å². The molecule has 9 heavy (non-hydrogen) atoms. The molecular weight excluding hydrogens is 108 g/mol. The van der Waals surface area contributed by atoms with Gasteiger partial charge in [0, 0.05) is 5.92 Å². The molecule has 2 aliphatic rings. The molecule has 2 aliphatic carbocycles. The van der Waals surface area contributed by atoms with Gasteiger partial charge in [0.1, 0.15) is 0 Å². The molecule has 0 aliphatic heterocycles. The van der Waals surface area contributed by atoms with Crippen LogP contribution in [0.5, 0.6) is 0 Å². The first kappa shape index (κ1) is 5.52. The summed E-state index contributed by atoms with van der Waals surface area (Å²) in [6.45, 7) is 0. The molecule has 0 N–H and O–H groups in total. The Bertz CT molecular complexity index is 120. The van der Waals surface area contributed by atoms with Crippen molar-refractivity contribution in [3.05, 3.63) is 18.1 Å². The molecule has 0 saturated heterocycles. The Kier molecular flexibility index (Phi) is 1.33. The lowest BCUT2D eigenvalue weighted by Crippen LogP contribution is -1.99. The molecule has 49 valence electrons. The average Bonchev–Trinajstić information content (AvgIpc) is 2.71. The van der Waals surface area contributed by atoms with Gasteiger partial charge in [-0.05, 0) is 38.0 Å². The van der Waals surface area contributed by atoms with Crippen molar-refractivity contribution in [1.82, 2.24) is 0 Å². The highest BCUT2D eigenvalue weighted by Gasteiger charge is 2.29. The van der Waals surface area contributed by atoms with Crippen molar-refractivity contribution in [3.8, 4) is 0 Å². The number of rotatable bonds is 1. The Morgan fingerprint density at radius 3 is 2.78 bits per heavy atom. The SMILES string of the molecule is C1=C[C](C2CC2)CCC1. The van der Waals surface area contributed by atoms with Crippen molar-refractivity contribution in [1.29, 1.82) is 0 Å². The van der Waals surface area contributed by atoms with E-state index in [1.807, 2.05) is 0 Å². The fourth-order valence-electron chi connectivity index (χ4n) is 1.54. The first-order valence-electron chi connectivity index (χ1n) is 3.99. The van der Waals surface area contributed by atoms with E-state index in [4.69, 9.17) is 0 Å². The molecule has 0 bridgehead atoms. The molecule has 0 heteroatoms. The van der Waals surface area contributed by atoms with E-state index in [0.29, 0.717) is 0 Å². The van der Waals surface area contributed by atoms with Crippen LogP contribution in [0.1, 0.15) is 32.1 Å². The topological polar surface area (TPSA) is 0 Å². The second-order valence-electron chi connectivity index (χ2n) is 3.14. The molecule has 0 aromatic rings. The number of allylic oxidation sites excluding steroid dienone is 2. The standard InChI is InChI=1S/C9H13/c1-2-4-8(5-3-1)9-6-7-9/h2,4,9H,1,3,5-7H2. The highest BCUT2D eigenvalue weighted by Crippen LogP contribution is 2.42. The minimum Gasteiger partial charge on any atom is -0.0879 e. The molecule has 1 fully saturated rings. The molecule has 0 aromatic heterocycles. The zero-order valence-corrected chi connectivity index (χ0v) is 5.77. The van der Waals surface area contributed by atoms with Crippen LogP contribution in [0.25, 0.3) is 0 Å². The van der Waals surface area contributed by atoms with Crippen molar-refractivity contribution in [2.24, 2.45) is 5.92 Å². The molecule has 0 unspecified atom stereocenters. The van der Waals surface area contributed by atoms with Crippen molar-refractivity contribution in [2.45, 2.75) is 32.1 Å². The summed E-state index contributed by atoms with van der Waals surface area (Å²) in [6.07, 6.45) is 11.7. The molecule has 0 nitrogen and oxygen atoms in total. The fraction of sp³-hybridized carbons (Fsp3) is 0.667. The quantitative estimate of drug-likeness (QED) is 0.500. The summed E-state index contributed by atoms with van der Waals surface area (Å²) >= 11 is 0. The fourth-order valence-corrected chi connectivity index (χ4v) is 1.54. The Hall–Kier alpha value is -0.260. The zero-order valence-electron chi connectivity index (χ0n) is 5.77. The van der Waals surface area contributed by atoms with Crippen LogP contribution in [0.15, 0.2) is 12.2 Å². The Labute approximate surface area is 57.0 Å². The highest BCUT2D eigenvalue weighted by atomic mass is 14.3. The van der Waals surface area contributed by atoms with Gasteiger partial charge in [-0.1, -0.05) is 12.2 Å². The van der Waals surface area contributed by atoms with Crippen LogP contribution in [0.2, 0.25) is 0 Å². The lowest BCUT2D eigenvalue weighted by Gasteiger charge is -2.13. The van der Waals surface area contributed by atoms with Crippen LogP contribution in [-0.4, -0.2) is 0 Å². The molecule has 1 radical (unpaired) electrons. The van der Waals surface area contributed by atoms with Crippen LogP contribution in [0, 0.1) is 11.8 Å². The van der Waals surface area contributed by atoms with Crippen molar-refractivity contribution in [2.75, 3.05) is 0 Å². The minimum atomic E-state index is 1.02. The molecule has 0 heterocycles. The summed E-state index contributed by atoms with van der Waals surface area (Å²) in [5, 5.41) is 0. The van der Waals surface area contributed by atoms with Crippen LogP contribution in [0.3, 0.4) is 0 Å². The lowest BCUT2D eigenvalue weighted by molar-refractivity contribution is 0.686. The Morgan fingerprint density at radius 2 is 2.22 bits per heavy atom. The molecule has 0 amide bonds. The van der Waals surface area contributed by atoms with Crippen molar-refractivity contribution < 1.29 is 0 Å². The van der Waals surface area contributed by atoms with Crippen LogP contribution >= 0.6 is 0 Å². The van der Waals surface area contributed by atoms with Crippen LogP contribution < -0.4 is 0 Å². The van der Waals surface area contributed by atoms with E-state index >= 15 is 0 Å². The summed E-state index contributed by atoms with van der Waals surface area (Å²) in [7, 11) is 0. The summed E-state index contributed by atoms with van der Waals surface area (Å²) in [4.78, 5) is 0. The number of hydrogen-bond acceptors (Lipinski definition) is 0. The molecule has 2 rings (SSSR count). The minimum absolute atomic E-state index is 1.02. The molecule has 0 aromatic carbocycles. The van der Waals surface area contributed by atoms with Gasteiger partial charge in [-0.2, -0.15) is 0 Å². The smallest absolute Gasteiger partial charge is 0.000365 e. The average molecular weight is 121 g/mol. The van der Waals surface area contributed by atoms with Gasteiger partial charge < -0.3 is 0 Å². The lowest BCUT2D eigenvalue weighted by atomic mass is 9.92. The third-order valence-electron chi connectivity index (χ3n) is 2.27. The Balaban J connectivity index is 1.94. The Morgan fingerprint density at radius 1 is 1.33 bits per heavy atom. The van der Waals surface area contributed by atoms with Gasteiger partial charge in [0.2, 0.25) is 0 Å². The predicted molar refractivity (Wildman–Crippen MR) is 39.0 cm³/mol. The van der Waals surface area contributed by atoms with E-state index in [-0.39, 0.29) is 0 Å². The van der Waals surface area contributed by atoms with E-state index in [2.05, 4.69) is 12.2 Å². The van der Waals surface area contributed by atoms with Crippen LogP contribution in [-0.2, 0) is 0 Å². The summed E-state index contributed by atoms with van der Waals surface area (Å²) in [5.41, 5.74) is 0. The molecular formula is C9H13. The van der Waals surface area contributed by atoms with Gasteiger partial charge in [0.25, 0.3) is 0 Å². The summed E-state index contributed by atoms with van der Waals surface area (Å²) in [6, 6.07) is 0. The largest absolute Gasteiger partial charge is 0.0879 e. The third-order valence-corrected chi connectivity index (χ3v) is 2.27.